The van der Waals surface area contributed by atoms with E-state index in [9.17, 15) is 4.79 Å². The number of aromatic nitrogens is 2. The molecule has 0 spiro atoms. The lowest BCUT2D eigenvalue weighted by atomic mass is 10.0. The van der Waals surface area contributed by atoms with Crippen LogP contribution in [-0.2, 0) is 4.79 Å². The lowest BCUT2D eigenvalue weighted by molar-refractivity contribution is -0.125. The van der Waals surface area contributed by atoms with Crippen LogP contribution < -0.4 is 15.0 Å². The lowest BCUT2D eigenvalue weighted by Crippen LogP contribution is -2.49. The first-order chi connectivity index (χ1) is 13.2. The molecule has 1 aromatic heterocycles. The number of carbonyl (C=O) groups excluding carboxylic acids is 1. The number of hydrogen-bond acceptors (Lipinski definition) is 4. The number of aromatic amines is 1. The van der Waals surface area contributed by atoms with E-state index in [1.165, 1.54) is 12.8 Å². The molecule has 1 saturated carbocycles. The minimum absolute atomic E-state index is 0.216. The first-order valence-corrected chi connectivity index (χ1v) is 9.98. The van der Waals surface area contributed by atoms with Crippen molar-refractivity contribution in [3.63, 3.8) is 0 Å². The number of benzene rings is 1. The highest BCUT2D eigenvalue weighted by Crippen LogP contribution is 2.27. The zero-order chi connectivity index (χ0) is 18.6. The van der Waals surface area contributed by atoms with Gasteiger partial charge in [0.15, 0.2) is 5.82 Å². The summed E-state index contributed by atoms with van der Waals surface area (Å²) in [6, 6.07) is 10.3. The number of amides is 1. The van der Waals surface area contributed by atoms with Crippen LogP contribution in [0.4, 0.5) is 5.82 Å². The molecule has 1 saturated heterocycles. The van der Waals surface area contributed by atoms with Crippen molar-refractivity contribution in [2.24, 2.45) is 5.92 Å². The van der Waals surface area contributed by atoms with Crippen LogP contribution >= 0.6 is 0 Å². The third-order valence-corrected chi connectivity index (χ3v) is 5.78. The van der Waals surface area contributed by atoms with E-state index in [0.29, 0.717) is 0 Å². The molecular weight excluding hydrogens is 340 g/mol. The molecule has 27 heavy (non-hydrogen) atoms. The smallest absolute Gasteiger partial charge is 0.223 e. The fourth-order valence-electron chi connectivity index (χ4n) is 4.20. The Morgan fingerprint density at radius 1 is 1.19 bits per heavy atom. The molecular formula is C21H28N4O2. The molecule has 1 amide bonds. The van der Waals surface area contributed by atoms with Gasteiger partial charge in [0.05, 0.1) is 12.8 Å². The number of ether oxygens (including phenoxy) is 1. The Bertz CT molecular complexity index is 765. The van der Waals surface area contributed by atoms with Crippen LogP contribution in [0.15, 0.2) is 30.3 Å². The summed E-state index contributed by atoms with van der Waals surface area (Å²) in [5, 5.41) is 10.9. The predicted molar refractivity (Wildman–Crippen MR) is 106 cm³/mol. The average molecular weight is 368 g/mol. The standard InChI is InChI=1S/C21H28N4O2/c1-27-18-10-8-15(9-11-18)19-13-20(24-23-19)25-12-4-7-17(14-25)22-21(26)16-5-2-3-6-16/h8-11,13,16-17H,2-7,12,14H2,1H3,(H,22,26)(H,23,24). The zero-order valence-electron chi connectivity index (χ0n) is 15.9. The van der Waals surface area contributed by atoms with Gasteiger partial charge in [-0.1, -0.05) is 12.8 Å². The molecule has 0 radical (unpaired) electrons. The second kappa shape index (κ2) is 8.03. The van der Waals surface area contributed by atoms with Gasteiger partial charge in [0.1, 0.15) is 5.75 Å². The highest BCUT2D eigenvalue weighted by Gasteiger charge is 2.27. The topological polar surface area (TPSA) is 70.2 Å². The van der Waals surface area contributed by atoms with Crippen molar-refractivity contribution in [2.45, 2.75) is 44.6 Å². The first-order valence-electron chi connectivity index (χ1n) is 9.98. The Kier molecular flexibility index (Phi) is 5.32. The van der Waals surface area contributed by atoms with Gasteiger partial charge < -0.3 is 15.0 Å². The number of hydrogen-bond donors (Lipinski definition) is 2. The van der Waals surface area contributed by atoms with Gasteiger partial charge in [-0.15, -0.1) is 0 Å². The molecule has 4 rings (SSSR count). The second-order valence-electron chi connectivity index (χ2n) is 7.64. The summed E-state index contributed by atoms with van der Waals surface area (Å²) < 4.78 is 5.22. The van der Waals surface area contributed by atoms with Crippen LogP contribution in [0.3, 0.4) is 0 Å². The average Bonchev–Trinajstić information content (AvgIpc) is 3.40. The second-order valence-corrected chi connectivity index (χ2v) is 7.64. The van der Waals surface area contributed by atoms with Gasteiger partial charge >= 0.3 is 0 Å². The van der Waals surface area contributed by atoms with Crippen LogP contribution in [-0.4, -0.2) is 42.3 Å². The van der Waals surface area contributed by atoms with E-state index in [1.54, 1.807) is 7.11 Å². The number of carbonyl (C=O) groups is 1. The van der Waals surface area contributed by atoms with Crippen LogP contribution in [0.1, 0.15) is 38.5 Å². The van der Waals surface area contributed by atoms with Gasteiger partial charge in [-0.25, -0.2) is 0 Å². The van der Waals surface area contributed by atoms with Gasteiger partial charge in [0, 0.05) is 31.1 Å². The van der Waals surface area contributed by atoms with Gasteiger partial charge in [-0.3, -0.25) is 9.89 Å². The van der Waals surface area contributed by atoms with Crippen LogP contribution in [0.2, 0.25) is 0 Å². The van der Waals surface area contributed by atoms with Crippen molar-refractivity contribution < 1.29 is 9.53 Å². The molecule has 1 atom stereocenters. The molecule has 2 heterocycles. The van der Waals surface area contributed by atoms with E-state index < -0.39 is 0 Å². The Labute approximate surface area is 160 Å². The summed E-state index contributed by atoms with van der Waals surface area (Å²) in [6.07, 6.45) is 6.59. The fraction of sp³-hybridized carbons (Fsp3) is 0.524. The van der Waals surface area contributed by atoms with Crippen molar-refractivity contribution in [1.82, 2.24) is 15.5 Å². The maximum Gasteiger partial charge on any atom is 0.223 e. The summed E-state index contributed by atoms with van der Waals surface area (Å²) in [4.78, 5) is 14.7. The van der Waals surface area contributed by atoms with Crippen LogP contribution in [0.5, 0.6) is 5.75 Å². The normalized spacial score (nSPS) is 20.6. The third-order valence-electron chi connectivity index (χ3n) is 5.78. The van der Waals surface area contributed by atoms with Crippen molar-refractivity contribution in [3.8, 4) is 17.0 Å². The Morgan fingerprint density at radius 2 is 1.96 bits per heavy atom. The van der Waals surface area contributed by atoms with Gasteiger partial charge in [-0.2, -0.15) is 5.10 Å². The van der Waals surface area contributed by atoms with Crippen molar-refractivity contribution in [1.29, 1.82) is 0 Å². The van der Waals surface area contributed by atoms with Crippen LogP contribution in [0, 0.1) is 5.92 Å². The fourth-order valence-corrected chi connectivity index (χ4v) is 4.20. The van der Waals surface area contributed by atoms with E-state index in [2.05, 4.69) is 26.5 Å². The Morgan fingerprint density at radius 3 is 2.70 bits per heavy atom. The molecule has 1 unspecified atom stereocenters. The molecule has 6 heteroatoms. The quantitative estimate of drug-likeness (QED) is 0.849. The summed E-state index contributed by atoms with van der Waals surface area (Å²) in [7, 11) is 1.67. The molecule has 1 aromatic carbocycles. The van der Waals surface area contributed by atoms with E-state index in [1.807, 2.05) is 24.3 Å². The molecule has 6 nitrogen and oxygen atoms in total. The van der Waals surface area contributed by atoms with Gasteiger partial charge in [0.2, 0.25) is 5.91 Å². The van der Waals surface area contributed by atoms with Gasteiger partial charge in [-0.05, 0) is 55.5 Å². The Balaban J connectivity index is 1.39. The zero-order valence-corrected chi connectivity index (χ0v) is 15.9. The number of anilines is 1. The van der Waals surface area contributed by atoms with Crippen molar-refractivity contribution >= 4 is 11.7 Å². The minimum Gasteiger partial charge on any atom is -0.497 e. The molecule has 2 aromatic rings. The summed E-state index contributed by atoms with van der Waals surface area (Å²) in [6.45, 7) is 1.80. The van der Waals surface area contributed by atoms with E-state index in [-0.39, 0.29) is 17.9 Å². The van der Waals surface area contributed by atoms with E-state index >= 15 is 0 Å². The van der Waals surface area contributed by atoms with E-state index in [4.69, 9.17) is 4.74 Å². The maximum absolute atomic E-state index is 12.4. The summed E-state index contributed by atoms with van der Waals surface area (Å²) in [5.74, 6) is 2.27. The van der Waals surface area contributed by atoms with Crippen molar-refractivity contribution in [2.75, 3.05) is 25.1 Å². The number of nitrogens with zero attached hydrogens (tertiary/aromatic N) is 2. The highest BCUT2D eigenvalue weighted by molar-refractivity contribution is 5.79. The Hall–Kier alpha value is -2.50. The number of rotatable bonds is 5. The molecule has 144 valence electrons. The number of H-pyrrole nitrogens is 1. The molecule has 2 fully saturated rings. The predicted octanol–water partition coefficient (Wildman–Crippen LogP) is 3.36. The summed E-state index contributed by atoms with van der Waals surface area (Å²) >= 11 is 0. The van der Waals surface area contributed by atoms with Crippen molar-refractivity contribution in [3.05, 3.63) is 30.3 Å². The third kappa shape index (κ3) is 4.10. The van der Waals surface area contributed by atoms with Crippen LogP contribution in [0.25, 0.3) is 11.3 Å². The molecule has 2 aliphatic rings. The highest BCUT2D eigenvalue weighted by atomic mass is 16.5. The minimum atomic E-state index is 0.216. The van der Waals surface area contributed by atoms with E-state index in [0.717, 1.165) is 61.6 Å². The molecule has 1 aliphatic carbocycles. The van der Waals surface area contributed by atoms with Gasteiger partial charge in [0.25, 0.3) is 0 Å². The summed E-state index contributed by atoms with van der Waals surface area (Å²) in [5.41, 5.74) is 2.07. The maximum atomic E-state index is 12.4. The first kappa shape index (κ1) is 17.9. The number of methoxy groups -OCH3 is 1. The SMILES string of the molecule is COc1ccc(-c2cc(N3CCCC(NC(=O)C4CCCC4)C3)n[nH]2)cc1. The molecule has 1 aliphatic heterocycles. The number of nitrogens with one attached hydrogen (secondary N) is 2. The molecule has 0 bridgehead atoms. The largest absolute Gasteiger partial charge is 0.497 e. The molecule has 2 N–H and O–H groups in total. The number of piperidine rings is 1. The lowest BCUT2D eigenvalue weighted by Gasteiger charge is -2.33. The monoisotopic (exact) mass is 368 g/mol.